The Labute approximate surface area is 172 Å². The molecule has 0 aliphatic heterocycles. The van der Waals surface area contributed by atoms with Crippen LogP contribution in [0.15, 0.2) is 48.0 Å². The van der Waals surface area contributed by atoms with E-state index >= 15 is 0 Å². The number of hydrogen-bond acceptors (Lipinski definition) is 5. The number of ether oxygens (including phenoxy) is 1. The Morgan fingerprint density at radius 3 is 2.87 bits per heavy atom. The van der Waals surface area contributed by atoms with Gasteiger partial charge in [-0.25, -0.2) is 14.1 Å². The van der Waals surface area contributed by atoms with Crippen LogP contribution in [0.5, 0.6) is 5.75 Å². The highest BCUT2D eigenvalue weighted by atomic mass is 32.1. The topological polar surface area (TPSA) is 69.0 Å². The monoisotopic (exact) mass is 432 g/mol. The first-order valence-electron chi connectivity index (χ1n) is 8.82. The second-order valence-electron chi connectivity index (χ2n) is 6.34. The number of amides is 1. The van der Waals surface area contributed by atoms with Crippen LogP contribution >= 0.6 is 11.3 Å². The third kappa shape index (κ3) is 3.99. The third-order valence-electron chi connectivity index (χ3n) is 4.32. The molecule has 1 amide bonds. The van der Waals surface area contributed by atoms with Crippen LogP contribution in [0.25, 0.3) is 21.5 Å². The number of nitrogens with one attached hydrogen (secondary N) is 1. The van der Waals surface area contributed by atoms with Crippen LogP contribution in [-0.4, -0.2) is 27.3 Å². The van der Waals surface area contributed by atoms with Crippen molar-refractivity contribution in [1.82, 2.24) is 14.8 Å². The van der Waals surface area contributed by atoms with E-state index in [4.69, 9.17) is 0 Å². The van der Waals surface area contributed by atoms with E-state index in [1.807, 2.05) is 30.5 Å². The number of fused-ring (bicyclic) bond motifs is 1. The molecular weight excluding hydrogens is 417 g/mol. The SMILES string of the molecule is Cc1nn(CC(=O)Nc2ccc(F)cc2OC(F)F)c2nccc(-c3cccs3)c12. The number of carbonyl (C=O) groups excluding carboxylic acids is 1. The quantitative estimate of drug-likeness (QED) is 0.473. The Bertz CT molecular complexity index is 1210. The number of aromatic nitrogens is 3. The number of pyridine rings is 1. The molecule has 4 rings (SSSR count). The van der Waals surface area contributed by atoms with Gasteiger partial charge in [0.15, 0.2) is 11.4 Å². The van der Waals surface area contributed by atoms with Crippen LogP contribution in [0.4, 0.5) is 18.9 Å². The summed E-state index contributed by atoms with van der Waals surface area (Å²) in [5, 5.41) is 9.67. The average molecular weight is 432 g/mol. The van der Waals surface area contributed by atoms with E-state index in [1.165, 1.54) is 4.68 Å². The summed E-state index contributed by atoms with van der Waals surface area (Å²) in [6.45, 7) is -1.54. The number of aryl methyl sites for hydroxylation is 1. The second kappa shape index (κ2) is 8.15. The summed E-state index contributed by atoms with van der Waals surface area (Å²) in [6.07, 6.45) is 1.64. The number of alkyl halides is 2. The first-order chi connectivity index (χ1) is 14.4. The fourth-order valence-corrected chi connectivity index (χ4v) is 3.91. The fraction of sp³-hybridized carbons (Fsp3) is 0.150. The van der Waals surface area contributed by atoms with Crippen LogP contribution in [-0.2, 0) is 11.3 Å². The summed E-state index contributed by atoms with van der Waals surface area (Å²) >= 11 is 1.58. The fourth-order valence-electron chi connectivity index (χ4n) is 3.15. The summed E-state index contributed by atoms with van der Waals surface area (Å²) in [6, 6.07) is 8.80. The molecule has 30 heavy (non-hydrogen) atoms. The summed E-state index contributed by atoms with van der Waals surface area (Å²) in [5.41, 5.74) is 2.13. The number of nitrogens with zero attached hydrogens (tertiary/aromatic N) is 3. The Balaban J connectivity index is 1.61. The van der Waals surface area contributed by atoms with Gasteiger partial charge < -0.3 is 10.1 Å². The van der Waals surface area contributed by atoms with Crippen LogP contribution < -0.4 is 10.1 Å². The van der Waals surface area contributed by atoms with Crippen LogP contribution in [0, 0.1) is 12.7 Å². The molecule has 0 atom stereocenters. The second-order valence-corrected chi connectivity index (χ2v) is 7.29. The summed E-state index contributed by atoms with van der Waals surface area (Å²) in [5.74, 6) is -1.77. The average Bonchev–Trinajstić information content (AvgIpc) is 3.32. The summed E-state index contributed by atoms with van der Waals surface area (Å²) in [4.78, 5) is 17.9. The molecule has 1 N–H and O–H groups in total. The van der Waals surface area contributed by atoms with Gasteiger partial charge in [0.2, 0.25) is 5.91 Å². The van der Waals surface area contributed by atoms with E-state index in [0.29, 0.717) is 11.3 Å². The van der Waals surface area contributed by atoms with E-state index in [-0.39, 0.29) is 12.2 Å². The normalized spacial score (nSPS) is 11.2. The van der Waals surface area contributed by atoms with Crippen molar-refractivity contribution in [2.45, 2.75) is 20.1 Å². The number of carbonyl (C=O) groups is 1. The van der Waals surface area contributed by atoms with Crippen LogP contribution in [0.3, 0.4) is 0 Å². The number of rotatable bonds is 6. The highest BCUT2D eigenvalue weighted by Gasteiger charge is 2.18. The first-order valence-corrected chi connectivity index (χ1v) is 9.70. The molecule has 154 valence electrons. The van der Waals surface area contributed by atoms with E-state index in [1.54, 1.807) is 17.5 Å². The lowest BCUT2D eigenvalue weighted by atomic mass is 10.1. The zero-order chi connectivity index (χ0) is 21.3. The van der Waals surface area contributed by atoms with E-state index in [2.05, 4.69) is 20.1 Å². The number of thiophene rings is 1. The van der Waals surface area contributed by atoms with Crippen molar-refractivity contribution in [2.75, 3.05) is 5.32 Å². The lowest BCUT2D eigenvalue weighted by Gasteiger charge is -2.12. The number of hydrogen-bond donors (Lipinski definition) is 1. The Morgan fingerprint density at radius 1 is 1.30 bits per heavy atom. The largest absolute Gasteiger partial charge is 0.432 e. The molecule has 4 aromatic rings. The molecule has 0 unspecified atom stereocenters. The van der Waals surface area contributed by atoms with Gasteiger partial charge in [0.05, 0.1) is 16.8 Å². The van der Waals surface area contributed by atoms with Crippen LogP contribution in [0.1, 0.15) is 5.69 Å². The smallest absolute Gasteiger partial charge is 0.387 e. The minimum atomic E-state index is -3.15. The summed E-state index contributed by atoms with van der Waals surface area (Å²) < 4.78 is 44.2. The van der Waals surface area contributed by atoms with Gasteiger partial charge in [0.1, 0.15) is 12.4 Å². The van der Waals surface area contributed by atoms with Crippen molar-refractivity contribution in [3.63, 3.8) is 0 Å². The minimum absolute atomic E-state index is 0.0675. The highest BCUT2D eigenvalue weighted by molar-refractivity contribution is 7.13. The molecule has 0 spiro atoms. The molecule has 0 bridgehead atoms. The van der Waals surface area contributed by atoms with E-state index in [0.717, 1.165) is 34.0 Å². The Kier molecular flexibility index (Phi) is 5.40. The van der Waals surface area contributed by atoms with Gasteiger partial charge in [0, 0.05) is 22.7 Å². The van der Waals surface area contributed by atoms with Gasteiger partial charge >= 0.3 is 6.61 Å². The number of benzene rings is 1. The molecule has 0 saturated heterocycles. The maximum Gasteiger partial charge on any atom is 0.387 e. The molecular formula is C20H15F3N4O2S. The van der Waals surface area contributed by atoms with Crippen molar-refractivity contribution >= 4 is 34.0 Å². The lowest BCUT2D eigenvalue weighted by molar-refractivity contribution is -0.116. The van der Waals surface area contributed by atoms with Gasteiger partial charge in [-0.05, 0) is 36.6 Å². The number of halogens is 3. The lowest BCUT2D eigenvalue weighted by Crippen LogP contribution is -2.20. The molecule has 0 aliphatic rings. The van der Waals surface area contributed by atoms with Crippen molar-refractivity contribution in [1.29, 1.82) is 0 Å². The van der Waals surface area contributed by atoms with Gasteiger partial charge in [-0.2, -0.15) is 13.9 Å². The zero-order valence-corrected chi connectivity index (χ0v) is 16.4. The Morgan fingerprint density at radius 2 is 2.13 bits per heavy atom. The van der Waals surface area contributed by atoms with Gasteiger partial charge in [-0.15, -0.1) is 11.3 Å². The van der Waals surface area contributed by atoms with Crippen molar-refractivity contribution in [3.8, 4) is 16.2 Å². The molecule has 0 fully saturated rings. The zero-order valence-electron chi connectivity index (χ0n) is 15.6. The molecule has 3 aromatic heterocycles. The number of anilines is 1. The van der Waals surface area contributed by atoms with Gasteiger partial charge in [-0.1, -0.05) is 6.07 Å². The van der Waals surface area contributed by atoms with Gasteiger partial charge in [-0.3, -0.25) is 4.79 Å². The van der Waals surface area contributed by atoms with Gasteiger partial charge in [0.25, 0.3) is 0 Å². The molecule has 10 heteroatoms. The van der Waals surface area contributed by atoms with Crippen molar-refractivity contribution < 1.29 is 22.7 Å². The van der Waals surface area contributed by atoms with Crippen LogP contribution in [0.2, 0.25) is 0 Å². The maximum absolute atomic E-state index is 13.4. The Hall–Kier alpha value is -3.40. The summed E-state index contributed by atoms with van der Waals surface area (Å²) in [7, 11) is 0. The predicted molar refractivity (Wildman–Crippen MR) is 107 cm³/mol. The van der Waals surface area contributed by atoms with Crippen molar-refractivity contribution in [3.05, 3.63) is 59.5 Å². The molecule has 0 saturated carbocycles. The van der Waals surface area contributed by atoms with Crippen molar-refractivity contribution in [2.24, 2.45) is 0 Å². The minimum Gasteiger partial charge on any atom is -0.432 e. The molecule has 0 aliphatic carbocycles. The maximum atomic E-state index is 13.4. The van der Waals surface area contributed by atoms with E-state index in [9.17, 15) is 18.0 Å². The predicted octanol–water partition coefficient (Wildman–Crippen LogP) is 4.85. The van der Waals surface area contributed by atoms with E-state index < -0.39 is 24.1 Å². The molecule has 1 aromatic carbocycles. The molecule has 3 heterocycles. The first kappa shape index (κ1) is 19.9. The third-order valence-corrected chi connectivity index (χ3v) is 5.22. The molecule has 0 radical (unpaired) electrons. The highest BCUT2D eigenvalue weighted by Crippen LogP contribution is 2.33. The standard InChI is InChI=1S/C20H15F3N4O2S/c1-11-18-13(16-3-2-8-30-16)6-7-24-19(18)27(26-11)10-17(28)25-14-5-4-12(21)9-15(14)29-20(22)23/h2-9,20H,10H2,1H3,(H,25,28). The molecule has 6 nitrogen and oxygen atoms in total.